The number of ether oxygens (including phenoxy) is 2. The predicted molar refractivity (Wildman–Crippen MR) is 93.5 cm³/mol. The molecule has 5 nitrogen and oxygen atoms in total. The van der Waals surface area contributed by atoms with Crippen LogP contribution in [0.3, 0.4) is 0 Å². The molecule has 2 aromatic carbocycles. The van der Waals surface area contributed by atoms with Crippen LogP contribution >= 0.6 is 0 Å². The first-order valence-corrected chi connectivity index (χ1v) is 8.20. The van der Waals surface area contributed by atoms with Crippen LogP contribution in [0.15, 0.2) is 48.5 Å². The van der Waals surface area contributed by atoms with Gasteiger partial charge < -0.3 is 14.8 Å². The maximum atomic E-state index is 12.3. The van der Waals surface area contributed by atoms with E-state index in [9.17, 15) is 4.79 Å². The fourth-order valence-corrected chi connectivity index (χ4v) is 2.65. The topological polar surface area (TPSA) is 50.8 Å². The zero-order valence-electron chi connectivity index (χ0n) is 13.8. The Morgan fingerprint density at radius 2 is 1.83 bits per heavy atom. The largest absolute Gasteiger partial charge is 0.486 e. The normalized spacial score (nSPS) is 12.9. The van der Waals surface area contributed by atoms with Crippen LogP contribution in [0.1, 0.15) is 12.5 Å². The van der Waals surface area contributed by atoms with Gasteiger partial charge in [0.2, 0.25) is 5.91 Å². The standard InChI is InChI=1S/C19H22N2O3/c1-2-21(13-15-6-4-3-5-7-15)14-19(22)20-16-8-9-17-18(12-16)24-11-10-23-17/h3-9,12H,2,10-11,13-14H2,1H3,(H,20,22). The van der Waals surface area contributed by atoms with Gasteiger partial charge in [0.1, 0.15) is 13.2 Å². The Balaban J connectivity index is 1.58. The highest BCUT2D eigenvalue weighted by Crippen LogP contribution is 2.32. The summed E-state index contributed by atoms with van der Waals surface area (Å²) in [7, 11) is 0. The molecule has 0 aliphatic carbocycles. The van der Waals surface area contributed by atoms with Gasteiger partial charge in [-0.2, -0.15) is 0 Å². The number of benzene rings is 2. The van der Waals surface area contributed by atoms with Gasteiger partial charge in [-0.15, -0.1) is 0 Å². The molecule has 0 radical (unpaired) electrons. The molecule has 2 aromatic rings. The third kappa shape index (κ3) is 4.26. The molecule has 5 heteroatoms. The third-order valence-corrected chi connectivity index (χ3v) is 3.89. The first-order valence-electron chi connectivity index (χ1n) is 8.20. The molecule has 24 heavy (non-hydrogen) atoms. The van der Waals surface area contributed by atoms with Crippen molar-refractivity contribution in [3.8, 4) is 11.5 Å². The summed E-state index contributed by atoms with van der Waals surface area (Å²) in [6.07, 6.45) is 0. The summed E-state index contributed by atoms with van der Waals surface area (Å²) in [5, 5.41) is 2.93. The Hall–Kier alpha value is -2.53. The van der Waals surface area contributed by atoms with Crippen molar-refractivity contribution in [1.29, 1.82) is 0 Å². The van der Waals surface area contributed by atoms with Crippen LogP contribution in [0.4, 0.5) is 5.69 Å². The predicted octanol–water partition coefficient (Wildman–Crippen LogP) is 2.92. The van der Waals surface area contributed by atoms with Crippen LogP contribution in [0.25, 0.3) is 0 Å². The van der Waals surface area contributed by atoms with Crippen molar-refractivity contribution >= 4 is 11.6 Å². The average Bonchev–Trinajstić information content (AvgIpc) is 2.62. The Kier molecular flexibility index (Phi) is 5.33. The Morgan fingerprint density at radius 1 is 1.08 bits per heavy atom. The lowest BCUT2D eigenvalue weighted by molar-refractivity contribution is -0.117. The van der Waals surface area contributed by atoms with E-state index in [1.807, 2.05) is 30.3 Å². The minimum atomic E-state index is -0.0375. The highest BCUT2D eigenvalue weighted by molar-refractivity contribution is 5.92. The van der Waals surface area contributed by atoms with E-state index < -0.39 is 0 Å². The summed E-state index contributed by atoms with van der Waals surface area (Å²) >= 11 is 0. The van der Waals surface area contributed by atoms with Crippen molar-refractivity contribution in [2.45, 2.75) is 13.5 Å². The maximum Gasteiger partial charge on any atom is 0.238 e. The molecule has 1 aliphatic heterocycles. The third-order valence-electron chi connectivity index (χ3n) is 3.89. The molecule has 0 spiro atoms. The van der Waals surface area contributed by atoms with Gasteiger partial charge in [0, 0.05) is 18.3 Å². The van der Waals surface area contributed by atoms with Crippen molar-refractivity contribution in [2.24, 2.45) is 0 Å². The van der Waals surface area contributed by atoms with E-state index in [0.717, 1.165) is 24.5 Å². The molecule has 0 saturated heterocycles. The summed E-state index contributed by atoms with van der Waals surface area (Å²) in [5.74, 6) is 1.36. The van der Waals surface area contributed by atoms with Crippen molar-refractivity contribution in [1.82, 2.24) is 4.90 Å². The van der Waals surface area contributed by atoms with E-state index in [0.29, 0.717) is 25.5 Å². The first-order chi connectivity index (χ1) is 11.7. The van der Waals surface area contributed by atoms with Crippen LogP contribution in [0.5, 0.6) is 11.5 Å². The van der Waals surface area contributed by atoms with Crippen LogP contribution in [-0.4, -0.2) is 37.1 Å². The average molecular weight is 326 g/mol. The van der Waals surface area contributed by atoms with E-state index in [-0.39, 0.29) is 5.91 Å². The van der Waals surface area contributed by atoms with E-state index >= 15 is 0 Å². The molecular formula is C19H22N2O3. The number of carbonyl (C=O) groups excluding carboxylic acids is 1. The summed E-state index contributed by atoms with van der Waals surface area (Å²) in [5.41, 5.74) is 1.92. The van der Waals surface area contributed by atoms with Crippen molar-refractivity contribution < 1.29 is 14.3 Å². The summed E-state index contributed by atoms with van der Waals surface area (Å²) in [6, 6.07) is 15.6. The van der Waals surface area contributed by atoms with Gasteiger partial charge >= 0.3 is 0 Å². The molecule has 0 aromatic heterocycles. The second-order valence-electron chi connectivity index (χ2n) is 5.70. The summed E-state index contributed by atoms with van der Waals surface area (Å²) in [4.78, 5) is 14.4. The van der Waals surface area contributed by atoms with E-state index in [1.54, 1.807) is 6.07 Å². The number of anilines is 1. The number of fused-ring (bicyclic) bond motifs is 1. The molecule has 0 fully saturated rings. The van der Waals surface area contributed by atoms with Gasteiger partial charge in [-0.05, 0) is 24.2 Å². The maximum absolute atomic E-state index is 12.3. The molecule has 126 valence electrons. The van der Waals surface area contributed by atoms with Gasteiger partial charge in [0.15, 0.2) is 11.5 Å². The van der Waals surface area contributed by atoms with Crippen molar-refractivity contribution in [3.05, 3.63) is 54.1 Å². The summed E-state index contributed by atoms with van der Waals surface area (Å²) < 4.78 is 11.0. The van der Waals surface area contributed by atoms with Gasteiger partial charge in [-0.3, -0.25) is 9.69 Å². The van der Waals surface area contributed by atoms with Gasteiger partial charge in [-0.1, -0.05) is 37.3 Å². The molecule has 0 bridgehead atoms. The molecule has 3 rings (SSSR count). The molecular weight excluding hydrogens is 304 g/mol. The minimum Gasteiger partial charge on any atom is -0.486 e. The first kappa shape index (κ1) is 16.3. The number of nitrogens with one attached hydrogen (secondary N) is 1. The van der Waals surface area contributed by atoms with Crippen LogP contribution in [0.2, 0.25) is 0 Å². The molecule has 1 N–H and O–H groups in total. The lowest BCUT2D eigenvalue weighted by Crippen LogP contribution is -2.32. The molecule has 0 saturated carbocycles. The number of nitrogens with zero attached hydrogens (tertiary/aromatic N) is 1. The zero-order chi connectivity index (χ0) is 16.8. The fraction of sp³-hybridized carbons (Fsp3) is 0.316. The fourth-order valence-electron chi connectivity index (χ4n) is 2.65. The molecule has 0 atom stereocenters. The Labute approximate surface area is 142 Å². The number of carbonyl (C=O) groups is 1. The highest BCUT2D eigenvalue weighted by Gasteiger charge is 2.14. The number of amides is 1. The number of hydrogen-bond donors (Lipinski definition) is 1. The van der Waals surface area contributed by atoms with E-state index in [2.05, 4.69) is 29.3 Å². The number of rotatable bonds is 6. The second-order valence-corrected chi connectivity index (χ2v) is 5.70. The number of likely N-dealkylation sites (N-methyl/N-ethyl adjacent to an activating group) is 1. The minimum absolute atomic E-state index is 0.0375. The van der Waals surface area contributed by atoms with Gasteiger partial charge in [-0.25, -0.2) is 0 Å². The van der Waals surface area contributed by atoms with Crippen LogP contribution in [0, 0.1) is 0 Å². The van der Waals surface area contributed by atoms with Crippen LogP contribution in [-0.2, 0) is 11.3 Å². The quantitative estimate of drug-likeness (QED) is 0.887. The lowest BCUT2D eigenvalue weighted by atomic mass is 10.2. The van der Waals surface area contributed by atoms with Crippen molar-refractivity contribution in [2.75, 3.05) is 31.6 Å². The molecule has 0 unspecified atom stereocenters. The smallest absolute Gasteiger partial charge is 0.238 e. The summed E-state index contributed by atoms with van der Waals surface area (Å²) in [6.45, 7) is 5.06. The van der Waals surface area contributed by atoms with Gasteiger partial charge in [0.25, 0.3) is 0 Å². The molecule has 1 amide bonds. The number of hydrogen-bond acceptors (Lipinski definition) is 4. The van der Waals surface area contributed by atoms with Crippen molar-refractivity contribution in [3.63, 3.8) is 0 Å². The highest BCUT2D eigenvalue weighted by atomic mass is 16.6. The van der Waals surface area contributed by atoms with Gasteiger partial charge in [0.05, 0.1) is 6.54 Å². The Bertz CT molecular complexity index is 688. The Morgan fingerprint density at radius 3 is 2.58 bits per heavy atom. The lowest BCUT2D eigenvalue weighted by Gasteiger charge is -2.21. The van der Waals surface area contributed by atoms with E-state index in [1.165, 1.54) is 5.56 Å². The molecule has 1 heterocycles. The molecule has 1 aliphatic rings. The zero-order valence-corrected chi connectivity index (χ0v) is 13.8. The van der Waals surface area contributed by atoms with E-state index in [4.69, 9.17) is 9.47 Å². The second kappa shape index (κ2) is 7.84. The van der Waals surface area contributed by atoms with Crippen LogP contribution < -0.4 is 14.8 Å². The monoisotopic (exact) mass is 326 g/mol. The SMILES string of the molecule is CCN(CC(=O)Nc1ccc2c(c1)OCCO2)Cc1ccccc1.